The minimum absolute atomic E-state index is 0.0552. The number of aliphatic imine (C=N–C) groups is 1. The number of carbonyl (C=O) groups excluding carboxylic acids is 1. The first kappa shape index (κ1) is 15.2. The van der Waals surface area contributed by atoms with Crippen LogP contribution in [0.15, 0.2) is 29.3 Å². The summed E-state index contributed by atoms with van der Waals surface area (Å²) in [5.74, 6) is 0.0552. The number of aryl methyl sites for hydroxylation is 1. The van der Waals surface area contributed by atoms with Gasteiger partial charge in [0.1, 0.15) is 5.69 Å². The smallest absolute Gasteiger partial charge is 0.270 e. The molecule has 1 aromatic heterocycles. The lowest BCUT2D eigenvalue weighted by atomic mass is 10.1. The first-order chi connectivity index (χ1) is 10.6. The van der Waals surface area contributed by atoms with E-state index >= 15 is 0 Å². The van der Waals surface area contributed by atoms with Crippen molar-refractivity contribution in [1.29, 1.82) is 0 Å². The van der Waals surface area contributed by atoms with E-state index in [4.69, 9.17) is 11.6 Å². The summed E-state index contributed by atoms with van der Waals surface area (Å²) in [7, 11) is 1.91. The molecule has 3 rings (SSSR count). The predicted molar refractivity (Wildman–Crippen MR) is 91.9 cm³/mol. The van der Waals surface area contributed by atoms with Crippen LogP contribution >= 0.6 is 23.8 Å². The van der Waals surface area contributed by atoms with Crippen molar-refractivity contribution < 1.29 is 4.79 Å². The molecule has 1 amide bonds. The van der Waals surface area contributed by atoms with Gasteiger partial charge in [0.15, 0.2) is 0 Å². The van der Waals surface area contributed by atoms with Crippen molar-refractivity contribution in [3.63, 3.8) is 0 Å². The van der Waals surface area contributed by atoms with E-state index in [1.54, 1.807) is 0 Å². The summed E-state index contributed by atoms with van der Waals surface area (Å²) in [5, 5.41) is 4.10. The zero-order valence-electron chi connectivity index (χ0n) is 12.3. The third-order valence-corrected chi connectivity index (χ3v) is 4.55. The van der Waals surface area contributed by atoms with Gasteiger partial charge in [0.25, 0.3) is 5.91 Å². The largest absolute Gasteiger partial charge is 0.340 e. The number of benzene rings is 1. The fourth-order valence-electron chi connectivity index (χ4n) is 2.96. The fourth-order valence-corrected chi connectivity index (χ4v) is 3.29. The van der Waals surface area contributed by atoms with Crippen molar-refractivity contribution in [1.82, 2.24) is 9.47 Å². The van der Waals surface area contributed by atoms with Crippen LogP contribution in [0.25, 0.3) is 10.9 Å². The van der Waals surface area contributed by atoms with Crippen LogP contribution in [0.1, 0.15) is 23.3 Å². The van der Waals surface area contributed by atoms with E-state index in [0.29, 0.717) is 23.8 Å². The van der Waals surface area contributed by atoms with Crippen molar-refractivity contribution in [3.05, 3.63) is 35.0 Å². The molecule has 1 fully saturated rings. The Balaban J connectivity index is 1.84. The molecule has 0 N–H and O–H groups in total. The highest BCUT2D eigenvalue weighted by Gasteiger charge is 2.25. The van der Waals surface area contributed by atoms with Crippen LogP contribution in [-0.4, -0.2) is 39.7 Å². The Morgan fingerprint density at radius 2 is 2.09 bits per heavy atom. The number of hydrogen-bond donors (Lipinski definition) is 0. The van der Waals surface area contributed by atoms with Crippen LogP contribution < -0.4 is 0 Å². The summed E-state index contributed by atoms with van der Waals surface area (Å²) in [6.45, 7) is 1.40. The van der Waals surface area contributed by atoms with Crippen LogP contribution in [0.3, 0.4) is 0 Å². The summed E-state index contributed by atoms with van der Waals surface area (Å²) in [5.41, 5.74) is 1.70. The Morgan fingerprint density at radius 1 is 1.36 bits per heavy atom. The second-order valence-corrected chi connectivity index (χ2v) is 6.15. The maximum atomic E-state index is 12.7. The predicted octanol–water partition coefficient (Wildman–Crippen LogP) is 3.54. The minimum atomic E-state index is 0.0552. The van der Waals surface area contributed by atoms with Crippen molar-refractivity contribution in [2.75, 3.05) is 13.1 Å². The number of likely N-dealkylation sites (tertiary alicyclic amines) is 1. The second-order valence-electron chi connectivity index (χ2n) is 5.54. The van der Waals surface area contributed by atoms with Gasteiger partial charge in [-0.15, -0.1) is 0 Å². The highest BCUT2D eigenvalue weighted by molar-refractivity contribution is 7.78. The zero-order valence-corrected chi connectivity index (χ0v) is 13.8. The normalized spacial score (nSPS) is 15.8. The third kappa shape index (κ3) is 2.80. The number of piperidine rings is 1. The molecule has 1 aromatic carbocycles. The Morgan fingerprint density at radius 3 is 2.77 bits per heavy atom. The molecule has 0 radical (unpaired) electrons. The second kappa shape index (κ2) is 6.21. The van der Waals surface area contributed by atoms with Gasteiger partial charge in [-0.3, -0.25) is 4.79 Å². The fraction of sp³-hybridized carbons (Fsp3) is 0.375. The molecule has 2 heterocycles. The summed E-state index contributed by atoms with van der Waals surface area (Å²) in [4.78, 5) is 18.7. The number of fused-ring (bicyclic) bond motifs is 1. The van der Waals surface area contributed by atoms with E-state index in [2.05, 4.69) is 22.4 Å². The number of nitrogens with zero attached hydrogens (tertiary/aromatic N) is 3. The van der Waals surface area contributed by atoms with Crippen LogP contribution in [-0.2, 0) is 7.05 Å². The number of thiocarbonyl (C=S) groups is 1. The highest BCUT2D eigenvalue weighted by Crippen LogP contribution is 2.24. The first-order valence-corrected chi connectivity index (χ1v) is 8.00. The molecule has 1 aliphatic rings. The Labute approximate surface area is 139 Å². The Kier molecular flexibility index (Phi) is 4.30. The topological polar surface area (TPSA) is 37.6 Å². The third-order valence-electron chi connectivity index (χ3n) is 4.21. The standard InChI is InChI=1S/C16H16ClN3OS/c1-19-14-3-2-12(17)8-11(14)9-15(19)16(21)20-6-4-13(5-7-20)18-10-22/h2-3,8-9,13H,4-7H2,1H3. The van der Waals surface area contributed by atoms with Crippen LogP contribution in [0.4, 0.5) is 0 Å². The van der Waals surface area contributed by atoms with Gasteiger partial charge in [0.05, 0.1) is 11.2 Å². The lowest BCUT2D eigenvalue weighted by Crippen LogP contribution is -2.40. The van der Waals surface area contributed by atoms with Crippen LogP contribution in [0.5, 0.6) is 0 Å². The number of halogens is 1. The Bertz CT molecular complexity index is 771. The van der Waals surface area contributed by atoms with E-state index in [-0.39, 0.29) is 11.9 Å². The summed E-state index contributed by atoms with van der Waals surface area (Å²) in [6, 6.07) is 7.77. The van der Waals surface area contributed by atoms with Gasteiger partial charge < -0.3 is 9.47 Å². The molecule has 1 aliphatic heterocycles. The molecule has 114 valence electrons. The number of aromatic nitrogens is 1. The van der Waals surface area contributed by atoms with Crippen molar-refractivity contribution in [3.8, 4) is 0 Å². The molecule has 0 saturated carbocycles. The lowest BCUT2D eigenvalue weighted by Gasteiger charge is -2.29. The number of amides is 1. The van der Waals surface area contributed by atoms with Crippen molar-refractivity contribution >= 4 is 45.8 Å². The molecule has 0 unspecified atom stereocenters. The number of rotatable bonds is 2. The van der Waals surface area contributed by atoms with E-state index in [0.717, 1.165) is 23.7 Å². The van der Waals surface area contributed by atoms with Gasteiger partial charge in [0, 0.05) is 36.1 Å². The summed E-state index contributed by atoms with van der Waals surface area (Å²) < 4.78 is 1.93. The molecule has 0 bridgehead atoms. The minimum Gasteiger partial charge on any atom is -0.340 e. The van der Waals surface area contributed by atoms with Gasteiger partial charge in [-0.05, 0) is 49.3 Å². The average molecular weight is 334 g/mol. The van der Waals surface area contributed by atoms with Gasteiger partial charge in [-0.2, -0.15) is 0 Å². The Hall–Kier alpha value is -1.68. The van der Waals surface area contributed by atoms with E-state index in [1.807, 2.05) is 40.8 Å². The van der Waals surface area contributed by atoms with Crippen LogP contribution in [0.2, 0.25) is 5.02 Å². The zero-order chi connectivity index (χ0) is 15.7. The molecule has 1 saturated heterocycles. The maximum Gasteiger partial charge on any atom is 0.270 e. The van der Waals surface area contributed by atoms with E-state index in [1.165, 1.54) is 0 Å². The van der Waals surface area contributed by atoms with E-state index in [9.17, 15) is 4.79 Å². The molecule has 4 nitrogen and oxygen atoms in total. The molecule has 22 heavy (non-hydrogen) atoms. The quantitative estimate of drug-likeness (QED) is 0.622. The number of carbonyl (C=O) groups is 1. The van der Waals surface area contributed by atoms with Gasteiger partial charge in [-0.1, -0.05) is 11.6 Å². The van der Waals surface area contributed by atoms with E-state index < -0.39 is 0 Å². The first-order valence-electron chi connectivity index (χ1n) is 7.21. The van der Waals surface area contributed by atoms with Crippen LogP contribution in [0, 0.1) is 0 Å². The highest BCUT2D eigenvalue weighted by atomic mass is 35.5. The number of hydrogen-bond acceptors (Lipinski definition) is 3. The molecule has 0 spiro atoms. The molecule has 0 aliphatic carbocycles. The van der Waals surface area contributed by atoms with Gasteiger partial charge in [-0.25, -0.2) is 4.99 Å². The molecule has 2 aromatic rings. The van der Waals surface area contributed by atoms with Crippen molar-refractivity contribution in [2.24, 2.45) is 12.0 Å². The summed E-state index contributed by atoms with van der Waals surface area (Å²) in [6.07, 6.45) is 1.68. The SMILES string of the molecule is Cn1c(C(=O)N2CCC(N=C=S)CC2)cc2cc(Cl)ccc21. The maximum absolute atomic E-state index is 12.7. The summed E-state index contributed by atoms with van der Waals surface area (Å²) >= 11 is 10.7. The van der Waals surface area contributed by atoms with Gasteiger partial charge >= 0.3 is 0 Å². The lowest BCUT2D eigenvalue weighted by molar-refractivity contribution is 0.0706. The van der Waals surface area contributed by atoms with Crippen molar-refractivity contribution in [2.45, 2.75) is 18.9 Å². The monoisotopic (exact) mass is 333 g/mol. The molecule has 6 heteroatoms. The average Bonchev–Trinajstić information content (AvgIpc) is 2.84. The molecular formula is C16H16ClN3OS. The molecule has 0 atom stereocenters. The molecular weight excluding hydrogens is 318 g/mol. The number of isothiocyanates is 1. The van der Waals surface area contributed by atoms with Gasteiger partial charge in [0.2, 0.25) is 0 Å².